The summed E-state index contributed by atoms with van der Waals surface area (Å²) >= 11 is 0. The van der Waals surface area contributed by atoms with Gasteiger partial charge in [-0.05, 0) is 47.9 Å². The fraction of sp³-hybridized carbons (Fsp3) is 0.278. The van der Waals surface area contributed by atoms with Crippen LogP contribution < -0.4 is 10.6 Å². The first kappa shape index (κ1) is 16.8. The van der Waals surface area contributed by atoms with E-state index in [1.54, 1.807) is 24.3 Å². The molecule has 0 unspecified atom stereocenters. The Labute approximate surface area is 135 Å². The molecule has 23 heavy (non-hydrogen) atoms. The SMILES string of the molecule is CC(C)COC(=O)Nc1ccc(NCc2ccc(F)cc2)cc1. The van der Waals surface area contributed by atoms with Gasteiger partial charge in [-0.3, -0.25) is 5.32 Å². The molecule has 1 amide bonds. The van der Waals surface area contributed by atoms with Gasteiger partial charge >= 0.3 is 6.09 Å². The molecule has 0 saturated carbocycles. The van der Waals surface area contributed by atoms with Crippen molar-refractivity contribution in [3.8, 4) is 0 Å². The van der Waals surface area contributed by atoms with Crippen LogP contribution in [0.15, 0.2) is 48.5 Å². The predicted octanol–water partition coefficient (Wildman–Crippen LogP) is 4.64. The van der Waals surface area contributed by atoms with Gasteiger partial charge in [0.15, 0.2) is 0 Å². The van der Waals surface area contributed by atoms with Gasteiger partial charge < -0.3 is 10.1 Å². The first-order valence-electron chi connectivity index (χ1n) is 7.55. The maximum absolute atomic E-state index is 12.8. The zero-order valence-corrected chi connectivity index (χ0v) is 13.3. The van der Waals surface area contributed by atoms with Crippen molar-refractivity contribution in [2.24, 2.45) is 5.92 Å². The normalized spacial score (nSPS) is 10.4. The van der Waals surface area contributed by atoms with Crippen LogP contribution >= 0.6 is 0 Å². The molecule has 0 heterocycles. The number of amides is 1. The van der Waals surface area contributed by atoms with Crippen LogP contribution in [0.2, 0.25) is 0 Å². The molecule has 0 aliphatic carbocycles. The number of benzene rings is 2. The van der Waals surface area contributed by atoms with E-state index in [0.717, 1.165) is 11.3 Å². The minimum Gasteiger partial charge on any atom is -0.449 e. The second-order valence-electron chi connectivity index (χ2n) is 5.67. The Morgan fingerprint density at radius 3 is 2.26 bits per heavy atom. The number of carbonyl (C=O) groups is 1. The number of hydrogen-bond donors (Lipinski definition) is 2. The molecule has 0 bridgehead atoms. The van der Waals surface area contributed by atoms with Gasteiger partial charge in [-0.1, -0.05) is 26.0 Å². The fourth-order valence-corrected chi connectivity index (χ4v) is 1.87. The van der Waals surface area contributed by atoms with E-state index in [-0.39, 0.29) is 5.82 Å². The lowest BCUT2D eigenvalue weighted by Gasteiger charge is -2.10. The predicted molar refractivity (Wildman–Crippen MR) is 90.0 cm³/mol. The zero-order chi connectivity index (χ0) is 16.7. The van der Waals surface area contributed by atoms with Gasteiger partial charge in [0.2, 0.25) is 0 Å². The molecule has 4 nitrogen and oxygen atoms in total. The third-order valence-electron chi connectivity index (χ3n) is 3.09. The van der Waals surface area contributed by atoms with Gasteiger partial charge in [-0.15, -0.1) is 0 Å². The maximum Gasteiger partial charge on any atom is 0.411 e. The topological polar surface area (TPSA) is 50.4 Å². The molecule has 0 aliphatic rings. The van der Waals surface area contributed by atoms with E-state index in [9.17, 15) is 9.18 Å². The highest BCUT2D eigenvalue weighted by atomic mass is 19.1. The Morgan fingerprint density at radius 1 is 1.04 bits per heavy atom. The third kappa shape index (κ3) is 5.98. The van der Waals surface area contributed by atoms with E-state index in [2.05, 4.69) is 10.6 Å². The van der Waals surface area contributed by atoms with Crippen LogP contribution in [0.25, 0.3) is 0 Å². The second-order valence-corrected chi connectivity index (χ2v) is 5.67. The Hall–Kier alpha value is -2.56. The van der Waals surface area contributed by atoms with E-state index in [0.29, 0.717) is 24.8 Å². The van der Waals surface area contributed by atoms with Gasteiger partial charge in [-0.2, -0.15) is 0 Å². The molecule has 0 radical (unpaired) electrons. The van der Waals surface area contributed by atoms with Crippen LogP contribution in [-0.4, -0.2) is 12.7 Å². The number of ether oxygens (including phenoxy) is 1. The van der Waals surface area contributed by atoms with Gasteiger partial charge in [0.05, 0.1) is 6.61 Å². The van der Waals surface area contributed by atoms with Crippen LogP contribution in [0.5, 0.6) is 0 Å². The van der Waals surface area contributed by atoms with E-state index in [1.165, 1.54) is 12.1 Å². The zero-order valence-electron chi connectivity index (χ0n) is 13.3. The average Bonchev–Trinajstić information content (AvgIpc) is 2.54. The van der Waals surface area contributed by atoms with E-state index in [1.807, 2.05) is 26.0 Å². The van der Waals surface area contributed by atoms with Crippen LogP contribution in [-0.2, 0) is 11.3 Å². The summed E-state index contributed by atoms with van der Waals surface area (Å²) in [7, 11) is 0. The average molecular weight is 316 g/mol. The quantitative estimate of drug-likeness (QED) is 0.816. The van der Waals surface area contributed by atoms with Crippen LogP contribution in [0.1, 0.15) is 19.4 Å². The van der Waals surface area contributed by atoms with Gasteiger partial charge in [0.25, 0.3) is 0 Å². The Kier molecular flexibility index (Phi) is 5.97. The van der Waals surface area contributed by atoms with Crippen molar-refractivity contribution in [1.82, 2.24) is 0 Å². The van der Waals surface area contributed by atoms with Gasteiger partial charge in [-0.25, -0.2) is 9.18 Å². The van der Waals surface area contributed by atoms with Crippen LogP contribution in [0, 0.1) is 11.7 Å². The van der Waals surface area contributed by atoms with Crippen molar-refractivity contribution >= 4 is 17.5 Å². The number of halogens is 1. The summed E-state index contributed by atoms with van der Waals surface area (Å²) in [6.45, 7) is 4.95. The van der Waals surface area contributed by atoms with E-state index in [4.69, 9.17) is 4.74 Å². The lowest BCUT2D eigenvalue weighted by atomic mass is 10.2. The largest absolute Gasteiger partial charge is 0.449 e. The molecule has 0 aromatic heterocycles. The van der Waals surface area contributed by atoms with E-state index >= 15 is 0 Å². The summed E-state index contributed by atoms with van der Waals surface area (Å²) in [5.74, 6) is 0.0623. The highest BCUT2D eigenvalue weighted by Crippen LogP contribution is 2.15. The molecule has 2 aromatic rings. The smallest absolute Gasteiger partial charge is 0.411 e. The molecule has 2 aromatic carbocycles. The van der Waals surface area contributed by atoms with Gasteiger partial charge in [0, 0.05) is 17.9 Å². The highest BCUT2D eigenvalue weighted by molar-refractivity contribution is 5.84. The lowest BCUT2D eigenvalue weighted by molar-refractivity contribution is 0.147. The molecule has 2 N–H and O–H groups in total. The molecular formula is C18H21FN2O2. The highest BCUT2D eigenvalue weighted by Gasteiger charge is 2.04. The fourth-order valence-electron chi connectivity index (χ4n) is 1.87. The first-order chi connectivity index (χ1) is 11.0. The first-order valence-corrected chi connectivity index (χ1v) is 7.55. The molecule has 0 spiro atoms. The standard InChI is InChI=1S/C18H21FN2O2/c1-13(2)12-23-18(22)21-17-9-7-16(8-10-17)20-11-14-3-5-15(19)6-4-14/h3-10,13,20H,11-12H2,1-2H3,(H,21,22). The summed E-state index contributed by atoms with van der Waals surface area (Å²) in [6, 6.07) is 13.7. The molecular weight excluding hydrogens is 295 g/mol. The van der Waals surface area contributed by atoms with E-state index < -0.39 is 6.09 Å². The maximum atomic E-state index is 12.8. The van der Waals surface area contributed by atoms with Crippen LogP contribution in [0.4, 0.5) is 20.6 Å². The van der Waals surface area contributed by atoms with Gasteiger partial charge in [0.1, 0.15) is 5.82 Å². The van der Waals surface area contributed by atoms with Crippen molar-refractivity contribution in [2.75, 3.05) is 17.2 Å². The second kappa shape index (κ2) is 8.17. The summed E-state index contributed by atoms with van der Waals surface area (Å²) in [5, 5.41) is 5.91. The van der Waals surface area contributed by atoms with Crippen molar-refractivity contribution in [3.63, 3.8) is 0 Å². The Bertz CT molecular complexity index is 624. The number of rotatable bonds is 6. The van der Waals surface area contributed by atoms with Crippen molar-refractivity contribution in [1.29, 1.82) is 0 Å². The summed E-state index contributed by atoms with van der Waals surface area (Å²) in [4.78, 5) is 11.6. The summed E-state index contributed by atoms with van der Waals surface area (Å²) in [6.07, 6.45) is -0.453. The number of nitrogens with one attached hydrogen (secondary N) is 2. The summed E-state index contributed by atoms with van der Waals surface area (Å²) < 4.78 is 17.9. The van der Waals surface area contributed by atoms with Crippen molar-refractivity contribution in [2.45, 2.75) is 20.4 Å². The molecule has 2 rings (SSSR count). The number of anilines is 2. The number of carbonyl (C=O) groups excluding carboxylic acids is 1. The molecule has 0 atom stereocenters. The Balaban J connectivity index is 1.82. The Morgan fingerprint density at radius 2 is 1.65 bits per heavy atom. The van der Waals surface area contributed by atoms with Crippen LogP contribution in [0.3, 0.4) is 0 Å². The number of hydrogen-bond acceptors (Lipinski definition) is 3. The molecule has 5 heteroatoms. The van der Waals surface area contributed by atoms with Crippen molar-refractivity contribution < 1.29 is 13.9 Å². The minimum atomic E-state index is -0.453. The minimum absolute atomic E-state index is 0.242. The monoisotopic (exact) mass is 316 g/mol. The lowest BCUT2D eigenvalue weighted by Crippen LogP contribution is -2.16. The van der Waals surface area contributed by atoms with Crippen molar-refractivity contribution in [3.05, 3.63) is 59.9 Å². The molecule has 0 aliphatic heterocycles. The summed E-state index contributed by atoms with van der Waals surface area (Å²) in [5.41, 5.74) is 2.58. The molecule has 0 fully saturated rings. The third-order valence-corrected chi connectivity index (χ3v) is 3.09. The molecule has 0 saturated heterocycles. The molecule has 122 valence electrons.